The van der Waals surface area contributed by atoms with Gasteiger partial charge in [-0.3, -0.25) is 4.68 Å². The largest absolute Gasteiger partial charge is 0.388 e. The Hall–Kier alpha value is -1.39. The van der Waals surface area contributed by atoms with E-state index in [1.54, 1.807) is 23.7 Å². The Bertz CT molecular complexity index is 625. The van der Waals surface area contributed by atoms with Gasteiger partial charge in [0, 0.05) is 13.0 Å². The van der Waals surface area contributed by atoms with Crippen LogP contribution in [-0.2, 0) is 13.0 Å². The molecule has 0 spiro atoms. The van der Waals surface area contributed by atoms with Gasteiger partial charge in [-0.25, -0.2) is 4.39 Å². The second-order valence-electron chi connectivity index (χ2n) is 4.89. The number of halogens is 2. The van der Waals surface area contributed by atoms with Crippen LogP contribution in [0.25, 0.3) is 0 Å². The van der Waals surface area contributed by atoms with E-state index in [4.69, 9.17) is 11.6 Å². The van der Waals surface area contributed by atoms with E-state index in [1.165, 1.54) is 6.07 Å². The van der Waals surface area contributed by atoms with Crippen LogP contribution in [0, 0.1) is 19.7 Å². The van der Waals surface area contributed by atoms with Crippen LogP contribution < -0.4 is 0 Å². The smallest absolute Gasteiger partial charge is 0.126 e. The molecule has 0 saturated carbocycles. The number of nitrogens with zero attached hydrogens (tertiary/aromatic N) is 2. The average molecular weight is 297 g/mol. The molecule has 0 fully saturated rings. The summed E-state index contributed by atoms with van der Waals surface area (Å²) in [6, 6.07) is 4.77. The number of hydrogen-bond acceptors (Lipinski definition) is 2. The zero-order chi connectivity index (χ0) is 14.9. The lowest BCUT2D eigenvalue weighted by Crippen LogP contribution is -2.09. The van der Waals surface area contributed by atoms with E-state index >= 15 is 0 Å². The number of aliphatic hydroxyl groups is 1. The summed E-state index contributed by atoms with van der Waals surface area (Å²) >= 11 is 6.21. The summed E-state index contributed by atoms with van der Waals surface area (Å²) in [5.41, 5.74) is 2.63. The topological polar surface area (TPSA) is 38.0 Å². The number of aliphatic hydroxyl groups excluding tert-OH is 1. The van der Waals surface area contributed by atoms with Crippen LogP contribution in [0.1, 0.15) is 35.5 Å². The fraction of sp³-hybridized carbons (Fsp3) is 0.400. The molecule has 2 rings (SSSR count). The van der Waals surface area contributed by atoms with Gasteiger partial charge in [0.05, 0.1) is 22.5 Å². The van der Waals surface area contributed by atoms with Crippen molar-refractivity contribution >= 4 is 11.6 Å². The lowest BCUT2D eigenvalue weighted by atomic mass is 10.0. The first kappa shape index (κ1) is 15.0. The predicted octanol–water partition coefficient (Wildman–Crippen LogP) is 3.59. The highest BCUT2D eigenvalue weighted by Gasteiger charge is 2.18. The number of aryl methyl sites for hydroxylation is 3. The minimum atomic E-state index is -0.802. The molecule has 3 nitrogen and oxygen atoms in total. The minimum absolute atomic E-state index is 0.312. The number of benzene rings is 1. The molecule has 1 atom stereocenters. The molecule has 1 aromatic carbocycles. The van der Waals surface area contributed by atoms with Gasteiger partial charge >= 0.3 is 0 Å². The molecule has 0 aliphatic carbocycles. The molecule has 0 aliphatic heterocycles. The van der Waals surface area contributed by atoms with Crippen LogP contribution >= 0.6 is 11.6 Å². The third-order valence-electron chi connectivity index (χ3n) is 3.42. The zero-order valence-electron chi connectivity index (χ0n) is 11.8. The maximum Gasteiger partial charge on any atom is 0.126 e. The first-order chi connectivity index (χ1) is 9.43. The van der Waals surface area contributed by atoms with Crippen LogP contribution in [0.2, 0.25) is 5.02 Å². The van der Waals surface area contributed by atoms with E-state index in [0.717, 1.165) is 11.4 Å². The van der Waals surface area contributed by atoms with E-state index in [9.17, 15) is 9.50 Å². The van der Waals surface area contributed by atoms with Gasteiger partial charge in [0.15, 0.2) is 0 Å². The van der Waals surface area contributed by atoms with Crippen molar-refractivity contribution in [3.8, 4) is 0 Å². The van der Waals surface area contributed by atoms with Gasteiger partial charge in [-0.05, 0) is 38.0 Å². The first-order valence-corrected chi connectivity index (χ1v) is 6.97. The molecule has 1 aromatic heterocycles. The summed E-state index contributed by atoms with van der Waals surface area (Å²) in [4.78, 5) is 0. The van der Waals surface area contributed by atoms with Gasteiger partial charge in [0.2, 0.25) is 0 Å². The second kappa shape index (κ2) is 5.94. The maximum absolute atomic E-state index is 13.6. The highest BCUT2D eigenvalue weighted by Crippen LogP contribution is 2.26. The Morgan fingerprint density at radius 3 is 2.70 bits per heavy atom. The highest BCUT2D eigenvalue weighted by molar-refractivity contribution is 6.31. The highest BCUT2D eigenvalue weighted by atomic mass is 35.5. The second-order valence-corrected chi connectivity index (χ2v) is 5.27. The Kier molecular flexibility index (Phi) is 4.45. The van der Waals surface area contributed by atoms with Crippen LogP contribution in [0.3, 0.4) is 0 Å². The molecule has 1 unspecified atom stereocenters. The van der Waals surface area contributed by atoms with Gasteiger partial charge in [0.1, 0.15) is 5.82 Å². The molecule has 5 heteroatoms. The molecule has 0 bridgehead atoms. The lowest BCUT2D eigenvalue weighted by molar-refractivity contribution is 0.175. The molecular weight excluding hydrogens is 279 g/mol. The van der Waals surface area contributed by atoms with E-state index in [1.807, 2.05) is 13.8 Å². The van der Waals surface area contributed by atoms with Gasteiger partial charge in [0.25, 0.3) is 0 Å². The average Bonchev–Trinajstić information content (AvgIpc) is 2.69. The Morgan fingerprint density at radius 1 is 1.40 bits per heavy atom. The Labute approximate surface area is 123 Å². The van der Waals surface area contributed by atoms with E-state index < -0.39 is 6.10 Å². The van der Waals surface area contributed by atoms with Crippen LogP contribution in [0.15, 0.2) is 18.2 Å². The fourth-order valence-corrected chi connectivity index (χ4v) is 2.39. The van der Waals surface area contributed by atoms with E-state index in [-0.39, 0.29) is 5.82 Å². The van der Waals surface area contributed by atoms with Gasteiger partial charge in [-0.1, -0.05) is 23.7 Å². The van der Waals surface area contributed by atoms with Crippen molar-refractivity contribution in [3.05, 3.63) is 51.6 Å². The quantitative estimate of drug-likeness (QED) is 0.936. The third-order valence-corrected chi connectivity index (χ3v) is 3.91. The molecule has 108 valence electrons. The summed E-state index contributed by atoms with van der Waals surface area (Å²) in [6.07, 6.45) is -0.486. The van der Waals surface area contributed by atoms with Crippen molar-refractivity contribution in [2.45, 2.75) is 39.8 Å². The number of hydrogen-bond donors (Lipinski definition) is 1. The van der Waals surface area contributed by atoms with E-state index in [0.29, 0.717) is 29.1 Å². The molecular formula is C15H18ClFN2O. The first-order valence-electron chi connectivity index (χ1n) is 6.60. The van der Waals surface area contributed by atoms with Crippen LogP contribution in [0.5, 0.6) is 0 Å². The number of aromatic nitrogens is 2. The molecule has 0 radical (unpaired) electrons. The fourth-order valence-electron chi connectivity index (χ4n) is 2.18. The summed E-state index contributed by atoms with van der Waals surface area (Å²) in [5.74, 6) is -0.312. The van der Waals surface area contributed by atoms with Gasteiger partial charge in [-0.15, -0.1) is 0 Å². The monoisotopic (exact) mass is 296 g/mol. The van der Waals surface area contributed by atoms with Crippen LogP contribution in [0.4, 0.5) is 4.39 Å². The molecule has 0 aliphatic rings. The third kappa shape index (κ3) is 2.86. The number of rotatable bonds is 4. The Morgan fingerprint density at radius 2 is 2.10 bits per heavy atom. The predicted molar refractivity (Wildman–Crippen MR) is 77.4 cm³/mol. The molecule has 0 amide bonds. The molecule has 2 aromatic rings. The molecule has 20 heavy (non-hydrogen) atoms. The van der Waals surface area contributed by atoms with Crippen molar-refractivity contribution in [1.29, 1.82) is 0 Å². The van der Waals surface area contributed by atoms with Crippen molar-refractivity contribution in [3.63, 3.8) is 0 Å². The van der Waals surface area contributed by atoms with Crippen LogP contribution in [-0.4, -0.2) is 14.9 Å². The molecule has 1 heterocycles. The molecule has 0 saturated heterocycles. The minimum Gasteiger partial charge on any atom is -0.388 e. The van der Waals surface area contributed by atoms with Crippen molar-refractivity contribution in [1.82, 2.24) is 9.78 Å². The standard InChI is InChI=1S/C15H18ClFN2O/c1-4-19-13(15(16)10(3)18-19)8-14(20)11-6-5-9(2)12(17)7-11/h5-7,14,20H,4,8H2,1-3H3. The Balaban J connectivity index is 2.27. The normalized spacial score (nSPS) is 12.7. The maximum atomic E-state index is 13.6. The lowest BCUT2D eigenvalue weighted by Gasteiger charge is -2.13. The summed E-state index contributed by atoms with van der Waals surface area (Å²) < 4.78 is 15.3. The summed E-state index contributed by atoms with van der Waals surface area (Å²) in [6.45, 7) is 6.16. The van der Waals surface area contributed by atoms with Crippen molar-refractivity contribution < 1.29 is 9.50 Å². The van der Waals surface area contributed by atoms with Crippen molar-refractivity contribution in [2.75, 3.05) is 0 Å². The molecule has 1 N–H and O–H groups in total. The van der Waals surface area contributed by atoms with E-state index in [2.05, 4.69) is 5.10 Å². The van der Waals surface area contributed by atoms with Gasteiger partial charge < -0.3 is 5.11 Å². The van der Waals surface area contributed by atoms with Gasteiger partial charge in [-0.2, -0.15) is 5.10 Å². The summed E-state index contributed by atoms with van der Waals surface area (Å²) in [7, 11) is 0. The zero-order valence-corrected chi connectivity index (χ0v) is 12.6. The summed E-state index contributed by atoms with van der Waals surface area (Å²) in [5, 5.41) is 15.2. The van der Waals surface area contributed by atoms with Crippen molar-refractivity contribution in [2.24, 2.45) is 0 Å². The SMILES string of the molecule is CCn1nc(C)c(Cl)c1CC(O)c1ccc(C)c(F)c1.